The van der Waals surface area contributed by atoms with Crippen molar-refractivity contribution in [3.8, 4) is 0 Å². The van der Waals surface area contributed by atoms with E-state index in [2.05, 4.69) is 5.32 Å². The summed E-state index contributed by atoms with van der Waals surface area (Å²) in [6, 6.07) is 11.9. The third-order valence-corrected chi connectivity index (χ3v) is 5.39. The lowest BCUT2D eigenvalue weighted by Gasteiger charge is -2.28. The maximum atomic E-state index is 12.3. The first-order valence-electron chi connectivity index (χ1n) is 8.32. The topological polar surface area (TPSA) is 75.7 Å². The summed E-state index contributed by atoms with van der Waals surface area (Å²) >= 11 is 13.2. The van der Waals surface area contributed by atoms with Gasteiger partial charge in [-0.1, -0.05) is 35.3 Å². The molecule has 28 heavy (non-hydrogen) atoms. The fourth-order valence-corrected chi connectivity index (χ4v) is 4.08. The van der Waals surface area contributed by atoms with Gasteiger partial charge in [-0.25, -0.2) is 0 Å². The molecule has 0 spiro atoms. The van der Waals surface area contributed by atoms with Crippen molar-refractivity contribution in [1.29, 1.82) is 0 Å². The second-order valence-corrected chi connectivity index (χ2v) is 7.91. The first kappa shape index (κ1) is 20.5. The van der Waals surface area contributed by atoms with E-state index in [9.17, 15) is 14.4 Å². The third-order valence-electron chi connectivity index (χ3n) is 3.90. The number of ether oxygens (including phenoxy) is 1. The van der Waals surface area contributed by atoms with Gasteiger partial charge in [-0.2, -0.15) is 0 Å². The van der Waals surface area contributed by atoms with E-state index in [0.717, 1.165) is 4.90 Å². The number of halogens is 2. The van der Waals surface area contributed by atoms with Crippen LogP contribution in [0.5, 0.6) is 0 Å². The molecule has 2 aromatic carbocycles. The summed E-state index contributed by atoms with van der Waals surface area (Å²) in [4.78, 5) is 39.1. The first-order valence-corrected chi connectivity index (χ1v) is 10.1. The van der Waals surface area contributed by atoms with Crippen LogP contribution in [0.3, 0.4) is 0 Å². The van der Waals surface area contributed by atoms with E-state index in [-0.39, 0.29) is 18.2 Å². The maximum Gasteiger partial charge on any atom is 0.326 e. The summed E-state index contributed by atoms with van der Waals surface area (Å²) in [6.45, 7) is 1.18. The van der Waals surface area contributed by atoms with Gasteiger partial charge in [0.2, 0.25) is 5.91 Å². The number of thioether (sulfide) groups is 1. The molecule has 0 saturated heterocycles. The number of carbonyl (C=O) groups is 3. The number of nitrogens with one attached hydrogen (secondary N) is 1. The number of benzene rings is 2. The predicted molar refractivity (Wildman–Crippen MR) is 110 cm³/mol. The van der Waals surface area contributed by atoms with Crippen LogP contribution in [0.4, 0.5) is 11.4 Å². The number of hydrogen-bond donors (Lipinski definition) is 1. The summed E-state index contributed by atoms with van der Waals surface area (Å²) in [5.41, 5.74) is 1.05. The van der Waals surface area contributed by atoms with E-state index >= 15 is 0 Å². The van der Waals surface area contributed by atoms with Crippen LogP contribution in [0.1, 0.15) is 6.92 Å². The normalized spacial score (nSPS) is 14.2. The molecule has 1 atom stereocenters. The highest BCUT2D eigenvalue weighted by Gasteiger charge is 2.28. The van der Waals surface area contributed by atoms with E-state index < -0.39 is 18.0 Å². The fraction of sp³-hybridized carbons (Fsp3) is 0.211. The number of amides is 2. The van der Waals surface area contributed by atoms with Crippen LogP contribution in [0.25, 0.3) is 0 Å². The number of carbonyl (C=O) groups excluding carboxylic acids is 3. The molecule has 1 heterocycles. The molecule has 0 unspecified atom stereocenters. The van der Waals surface area contributed by atoms with Crippen LogP contribution >= 0.6 is 35.0 Å². The number of hydrogen-bond acceptors (Lipinski definition) is 5. The second-order valence-electron chi connectivity index (χ2n) is 6.02. The molecule has 0 bridgehead atoms. The molecular formula is C19H16Cl2N2O4S. The Bertz CT molecular complexity index is 918. The Kier molecular flexibility index (Phi) is 6.49. The molecule has 2 amide bonds. The van der Waals surface area contributed by atoms with Gasteiger partial charge in [-0.15, -0.1) is 11.8 Å². The van der Waals surface area contributed by atoms with Crippen LogP contribution in [-0.4, -0.2) is 36.2 Å². The lowest BCUT2D eigenvalue weighted by molar-refractivity contribution is -0.152. The predicted octanol–water partition coefficient (Wildman–Crippen LogP) is 4.00. The quantitative estimate of drug-likeness (QED) is 0.713. The molecule has 2 aromatic rings. The largest absolute Gasteiger partial charge is 0.451 e. The van der Waals surface area contributed by atoms with Crippen LogP contribution in [0.2, 0.25) is 10.0 Å². The first-order chi connectivity index (χ1) is 13.3. The minimum Gasteiger partial charge on any atom is -0.451 e. The molecule has 3 rings (SSSR count). The molecule has 1 N–H and O–H groups in total. The third kappa shape index (κ3) is 4.98. The van der Waals surface area contributed by atoms with Crippen molar-refractivity contribution >= 4 is 64.1 Å². The molecule has 1 aliphatic heterocycles. The summed E-state index contributed by atoms with van der Waals surface area (Å²) in [7, 11) is 0. The van der Waals surface area contributed by atoms with Gasteiger partial charge >= 0.3 is 5.97 Å². The lowest BCUT2D eigenvalue weighted by atomic mass is 10.2. The molecule has 0 aromatic heterocycles. The van der Waals surface area contributed by atoms with Crippen LogP contribution in [-0.2, 0) is 19.1 Å². The zero-order valence-electron chi connectivity index (χ0n) is 14.8. The molecule has 6 nitrogen and oxygen atoms in total. The number of para-hydroxylation sites is 1. The van der Waals surface area contributed by atoms with Crippen molar-refractivity contribution in [2.45, 2.75) is 17.9 Å². The van der Waals surface area contributed by atoms with Crippen molar-refractivity contribution in [3.63, 3.8) is 0 Å². The van der Waals surface area contributed by atoms with Crippen LogP contribution in [0, 0.1) is 0 Å². The summed E-state index contributed by atoms with van der Waals surface area (Å²) in [5, 5.41) is 3.32. The van der Waals surface area contributed by atoms with Crippen molar-refractivity contribution < 1.29 is 19.1 Å². The van der Waals surface area contributed by atoms with Gasteiger partial charge in [0, 0.05) is 20.6 Å². The number of anilines is 2. The van der Waals surface area contributed by atoms with Gasteiger partial charge in [0.1, 0.15) is 6.54 Å². The minimum atomic E-state index is -1.06. The maximum absolute atomic E-state index is 12.3. The average Bonchev–Trinajstić information content (AvgIpc) is 2.63. The summed E-state index contributed by atoms with van der Waals surface area (Å²) in [6.07, 6.45) is -1.06. The average molecular weight is 439 g/mol. The molecule has 9 heteroatoms. The Hall–Kier alpha value is -2.22. The number of nitrogens with zero attached hydrogens (tertiary/aromatic N) is 1. The Balaban J connectivity index is 1.61. The van der Waals surface area contributed by atoms with Crippen molar-refractivity contribution in [3.05, 3.63) is 52.5 Å². The minimum absolute atomic E-state index is 0.189. The monoisotopic (exact) mass is 438 g/mol. The number of fused-ring (bicyclic) bond motifs is 1. The van der Waals surface area contributed by atoms with E-state index in [1.54, 1.807) is 12.1 Å². The van der Waals surface area contributed by atoms with Crippen LogP contribution in [0.15, 0.2) is 47.4 Å². The van der Waals surface area contributed by atoms with Gasteiger partial charge in [0.15, 0.2) is 6.10 Å². The molecule has 0 saturated carbocycles. The highest BCUT2D eigenvalue weighted by atomic mass is 35.5. The molecule has 146 valence electrons. The number of rotatable bonds is 5. The second kappa shape index (κ2) is 8.86. The van der Waals surface area contributed by atoms with E-state index in [0.29, 0.717) is 21.4 Å². The Morgan fingerprint density at radius 1 is 1.21 bits per heavy atom. The Morgan fingerprint density at radius 3 is 2.61 bits per heavy atom. The van der Waals surface area contributed by atoms with Crippen molar-refractivity contribution in [2.24, 2.45) is 0 Å². The summed E-state index contributed by atoms with van der Waals surface area (Å²) < 4.78 is 5.19. The van der Waals surface area contributed by atoms with E-state index in [1.807, 2.05) is 12.1 Å². The smallest absolute Gasteiger partial charge is 0.326 e. The van der Waals surface area contributed by atoms with Gasteiger partial charge in [0.25, 0.3) is 5.91 Å². The van der Waals surface area contributed by atoms with Crippen molar-refractivity contribution in [2.75, 3.05) is 22.5 Å². The SMILES string of the molecule is C[C@H](OC(=O)CN1C(=O)CSc2ccccc21)C(=O)Nc1cc(Cl)cc(Cl)c1. The number of esters is 1. The van der Waals surface area contributed by atoms with Gasteiger partial charge in [-0.05, 0) is 37.3 Å². The molecule has 0 aliphatic carbocycles. The van der Waals surface area contributed by atoms with Gasteiger partial charge in [0.05, 0.1) is 11.4 Å². The van der Waals surface area contributed by atoms with E-state index in [1.165, 1.54) is 41.8 Å². The fourth-order valence-electron chi connectivity index (χ4n) is 2.61. The molecule has 1 aliphatic rings. The zero-order valence-corrected chi connectivity index (χ0v) is 17.1. The Labute approximate surface area is 176 Å². The van der Waals surface area contributed by atoms with Gasteiger partial charge < -0.3 is 10.1 Å². The summed E-state index contributed by atoms with van der Waals surface area (Å²) in [5.74, 6) is -1.16. The van der Waals surface area contributed by atoms with Gasteiger partial charge in [-0.3, -0.25) is 19.3 Å². The standard InChI is InChI=1S/C19H16Cl2N2O4S/c1-11(19(26)22-14-7-12(20)6-13(21)8-14)27-18(25)9-23-15-4-2-3-5-16(15)28-10-17(23)24/h2-8,11H,9-10H2,1H3,(H,22,26)/t11-/m0/s1. The van der Waals surface area contributed by atoms with E-state index in [4.69, 9.17) is 27.9 Å². The lowest BCUT2D eigenvalue weighted by Crippen LogP contribution is -2.41. The van der Waals surface area contributed by atoms with Crippen molar-refractivity contribution in [1.82, 2.24) is 0 Å². The molecule has 0 radical (unpaired) electrons. The zero-order chi connectivity index (χ0) is 20.3. The Morgan fingerprint density at radius 2 is 1.89 bits per heavy atom. The highest BCUT2D eigenvalue weighted by molar-refractivity contribution is 8.00. The van der Waals surface area contributed by atoms with Crippen LogP contribution < -0.4 is 10.2 Å². The molecular weight excluding hydrogens is 423 g/mol. The highest BCUT2D eigenvalue weighted by Crippen LogP contribution is 2.34. The molecule has 0 fully saturated rings.